The molecule has 1 heterocycles. The zero-order chi connectivity index (χ0) is 11.0. The van der Waals surface area contributed by atoms with Gasteiger partial charge in [0.15, 0.2) is 5.82 Å². The van der Waals surface area contributed by atoms with Crippen LogP contribution < -0.4 is 5.32 Å². The Bertz CT molecular complexity index is 523. The molecule has 0 saturated carbocycles. The van der Waals surface area contributed by atoms with Gasteiger partial charge in [-0.2, -0.15) is 0 Å². The molecule has 1 N–H and O–H groups in total. The molecule has 1 aromatic heterocycles. The summed E-state index contributed by atoms with van der Waals surface area (Å²) in [6.07, 6.45) is 0. The maximum absolute atomic E-state index is 13.4. The average Bonchev–Trinajstić information content (AvgIpc) is 2.18. The first-order valence-corrected chi connectivity index (χ1v) is 4.56. The SMILES string of the molecule is CNc1cc(C)nc2c(F)cc(F)cc12. The molecule has 0 amide bonds. The molecule has 2 nitrogen and oxygen atoms in total. The number of hydrogen-bond donors (Lipinski definition) is 1. The van der Waals surface area contributed by atoms with Gasteiger partial charge in [0.25, 0.3) is 0 Å². The summed E-state index contributed by atoms with van der Waals surface area (Å²) in [4.78, 5) is 4.04. The molecule has 0 atom stereocenters. The van der Waals surface area contributed by atoms with Crippen LogP contribution in [0.25, 0.3) is 10.9 Å². The summed E-state index contributed by atoms with van der Waals surface area (Å²) in [6.45, 7) is 1.77. The number of halogens is 2. The Labute approximate surface area is 85.9 Å². The standard InChI is InChI=1S/C11H10F2N2/c1-6-3-10(14-2)8-4-7(12)5-9(13)11(8)15-6/h3-5H,1-2H3,(H,14,15). The van der Waals surface area contributed by atoms with Crippen molar-refractivity contribution in [2.24, 2.45) is 0 Å². The number of anilines is 1. The largest absolute Gasteiger partial charge is 0.388 e. The molecule has 0 spiro atoms. The molecule has 0 aliphatic heterocycles. The predicted octanol–water partition coefficient (Wildman–Crippen LogP) is 2.86. The number of nitrogens with zero attached hydrogens (tertiary/aromatic N) is 1. The summed E-state index contributed by atoms with van der Waals surface area (Å²) in [5.74, 6) is -1.23. The molecule has 0 bridgehead atoms. The molecule has 0 aliphatic rings. The van der Waals surface area contributed by atoms with E-state index >= 15 is 0 Å². The first-order valence-electron chi connectivity index (χ1n) is 4.56. The van der Waals surface area contributed by atoms with Crippen molar-refractivity contribution < 1.29 is 8.78 Å². The fourth-order valence-electron chi connectivity index (χ4n) is 1.59. The summed E-state index contributed by atoms with van der Waals surface area (Å²) < 4.78 is 26.4. The van der Waals surface area contributed by atoms with E-state index in [0.717, 1.165) is 6.07 Å². The number of aromatic nitrogens is 1. The van der Waals surface area contributed by atoms with Crippen molar-refractivity contribution in [3.63, 3.8) is 0 Å². The van der Waals surface area contributed by atoms with E-state index in [1.165, 1.54) is 6.07 Å². The van der Waals surface area contributed by atoms with E-state index in [0.29, 0.717) is 16.8 Å². The quantitative estimate of drug-likeness (QED) is 0.779. The lowest BCUT2D eigenvalue weighted by molar-refractivity contribution is 0.590. The monoisotopic (exact) mass is 208 g/mol. The molecule has 78 valence electrons. The van der Waals surface area contributed by atoms with Gasteiger partial charge in [-0.1, -0.05) is 0 Å². The number of aryl methyl sites for hydroxylation is 1. The maximum atomic E-state index is 13.4. The molecule has 1 aromatic carbocycles. The lowest BCUT2D eigenvalue weighted by atomic mass is 10.1. The van der Waals surface area contributed by atoms with Crippen LogP contribution in [0.1, 0.15) is 5.69 Å². The van der Waals surface area contributed by atoms with Gasteiger partial charge < -0.3 is 5.32 Å². The van der Waals surface area contributed by atoms with Crippen molar-refractivity contribution in [1.82, 2.24) is 4.98 Å². The van der Waals surface area contributed by atoms with E-state index < -0.39 is 11.6 Å². The number of benzene rings is 1. The number of rotatable bonds is 1. The normalized spacial score (nSPS) is 10.7. The van der Waals surface area contributed by atoms with Gasteiger partial charge in [-0.15, -0.1) is 0 Å². The van der Waals surface area contributed by atoms with Crippen LogP contribution in [-0.2, 0) is 0 Å². The van der Waals surface area contributed by atoms with E-state index in [9.17, 15) is 8.78 Å². The minimum absolute atomic E-state index is 0.195. The Morgan fingerprint density at radius 1 is 1.20 bits per heavy atom. The third-order valence-electron chi connectivity index (χ3n) is 2.23. The van der Waals surface area contributed by atoms with E-state index in [-0.39, 0.29) is 5.52 Å². The van der Waals surface area contributed by atoms with Crippen LogP contribution in [0.5, 0.6) is 0 Å². The van der Waals surface area contributed by atoms with Crippen LogP contribution in [0.3, 0.4) is 0 Å². The van der Waals surface area contributed by atoms with Crippen LogP contribution >= 0.6 is 0 Å². The van der Waals surface area contributed by atoms with Gasteiger partial charge in [0.2, 0.25) is 0 Å². The van der Waals surface area contributed by atoms with E-state index in [4.69, 9.17) is 0 Å². The van der Waals surface area contributed by atoms with Gasteiger partial charge in [0, 0.05) is 29.9 Å². The van der Waals surface area contributed by atoms with Gasteiger partial charge >= 0.3 is 0 Å². The van der Waals surface area contributed by atoms with Crippen LogP contribution in [0.4, 0.5) is 14.5 Å². The molecule has 15 heavy (non-hydrogen) atoms. The topological polar surface area (TPSA) is 24.9 Å². The first-order chi connectivity index (χ1) is 7.11. The molecule has 0 radical (unpaired) electrons. The summed E-state index contributed by atoms with van der Waals surface area (Å²) in [5, 5.41) is 3.35. The minimum atomic E-state index is -0.634. The van der Waals surface area contributed by atoms with Crippen LogP contribution in [0.15, 0.2) is 18.2 Å². The number of nitrogens with one attached hydrogen (secondary N) is 1. The van der Waals surface area contributed by atoms with Gasteiger partial charge in [-0.3, -0.25) is 0 Å². The Morgan fingerprint density at radius 3 is 2.60 bits per heavy atom. The second-order valence-corrected chi connectivity index (χ2v) is 3.34. The lowest BCUT2D eigenvalue weighted by Gasteiger charge is -2.07. The fourth-order valence-corrected chi connectivity index (χ4v) is 1.59. The average molecular weight is 208 g/mol. The highest BCUT2D eigenvalue weighted by atomic mass is 19.1. The highest BCUT2D eigenvalue weighted by Gasteiger charge is 2.09. The van der Waals surface area contributed by atoms with Gasteiger partial charge in [-0.05, 0) is 19.1 Å². The van der Waals surface area contributed by atoms with Crippen LogP contribution in [-0.4, -0.2) is 12.0 Å². The fraction of sp³-hybridized carbons (Fsp3) is 0.182. The van der Waals surface area contributed by atoms with E-state index in [1.54, 1.807) is 20.0 Å². The summed E-state index contributed by atoms with van der Waals surface area (Å²) in [7, 11) is 1.71. The van der Waals surface area contributed by atoms with Crippen molar-refractivity contribution in [3.05, 3.63) is 35.5 Å². The molecular formula is C11H10F2N2. The second kappa shape index (κ2) is 3.46. The molecule has 0 fully saturated rings. The maximum Gasteiger partial charge on any atom is 0.152 e. The van der Waals surface area contributed by atoms with Crippen molar-refractivity contribution in [2.45, 2.75) is 6.92 Å². The van der Waals surface area contributed by atoms with Crippen molar-refractivity contribution >= 4 is 16.6 Å². The third-order valence-corrected chi connectivity index (χ3v) is 2.23. The molecule has 0 aliphatic carbocycles. The summed E-state index contributed by atoms with van der Waals surface area (Å²) >= 11 is 0. The Morgan fingerprint density at radius 2 is 1.93 bits per heavy atom. The number of pyridine rings is 1. The zero-order valence-corrected chi connectivity index (χ0v) is 8.44. The Kier molecular flexibility index (Phi) is 2.26. The molecular weight excluding hydrogens is 198 g/mol. The molecule has 0 unspecified atom stereocenters. The zero-order valence-electron chi connectivity index (χ0n) is 8.44. The van der Waals surface area contributed by atoms with E-state index in [2.05, 4.69) is 10.3 Å². The molecule has 2 aromatic rings. The van der Waals surface area contributed by atoms with Crippen molar-refractivity contribution in [2.75, 3.05) is 12.4 Å². The molecule has 0 saturated heterocycles. The minimum Gasteiger partial charge on any atom is -0.388 e. The van der Waals surface area contributed by atoms with Crippen LogP contribution in [0.2, 0.25) is 0 Å². The van der Waals surface area contributed by atoms with Gasteiger partial charge in [0.05, 0.1) is 0 Å². The highest BCUT2D eigenvalue weighted by molar-refractivity contribution is 5.91. The van der Waals surface area contributed by atoms with Crippen molar-refractivity contribution in [3.8, 4) is 0 Å². The summed E-state index contributed by atoms with van der Waals surface area (Å²) in [6, 6.07) is 3.87. The number of fused-ring (bicyclic) bond motifs is 1. The Hall–Kier alpha value is -1.71. The van der Waals surface area contributed by atoms with Gasteiger partial charge in [-0.25, -0.2) is 13.8 Å². The predicted molar refractivity (Wildman–Crippen MR) is 55.9 cm³/mol. The van der Waals surface area contributed by atoms with Crippen LogP contribution in [0, 0.1) is 18.6 Å². The summed E-state index contributed by atoms with van der Waals surface area (Å²) in [5.41, 5.74) is 1.56. The third kappa shape index (κ3) is 1.63. The lowest BCUT2D eigenvalue weighted by Crippen LogP contribution is -1.96. The highest BCUT2D eigenvalue weighted by Crippen LogP contribution is 2.25. The molecule has 4 heteroatoms. The van der Waals surface area contributed by atoms with E-state index in [1.807, 2.05) is 0 Å². The first kappa shape index (κ1) is 9.83. The smallest absolute Gasteiger partial charge is 0.152 e. The molecule has 2 rings (SSSR count). The van der Waals surface area contributed by atoms with Crippen molar-refractivity contribution in [1.29, 1.82) is 0 Å². The number of hydrogen-bond acceptors (Lipinski definition) is 2. The Balaban J connectivity index is 2.89. The van der Waals surface area contributed by atoms with Gasteiger partial charge in [0.1, 0.15) is 11.3 Å². The second-order valence-electron chi connectivity index (χ2n) is 3.34.